The van der Waals surface area contributed by atoms with Crippen molar-refractivity contribution in [3.8, 4) is 0 Å². The molecule has 4 rings (SSSR count). The van der Waals surface area contributed by atoms with E-state index >= 15 is 0 Å². The van der Waals surface area contributed by atoms with Crippen LogP contribution in [0, 0.1) is 11.3 Å². The van der Waals surface area contributed by atoms with Gasteiger partial charge >= 0.3 is 6.03 Å². The first-order valence-electron chi connectivity index (χ1n) is 16.0. The summed E-state index contributed by atoms with van der Waals surface area (Å²) in [7, 11) is -2.02. The van der Waals surface area contributed by atoms with Gasteiger partial charge in [-0.15, -0.1) is 0 Å². The van der Waals surface area contributed by atoms with E-state index in [4.69, 9.17) is 0 Å². The lowest BCUT2D eigenvalue weighted by Crippen LogP contribution is -2.63. The number of Topliss-reactive ketones (excluding diaryl/α,β-unsaturated/α-hetero) is 1. The molecule has 0 aromatic rings. The van der Waals surface area contributed by atoms with Crippen molar-refractivity contribution in [2.75, 3.05) is 32.4 Å². The molecule has 3 saturated carbocycles. The number of nitrogens with one attached hydrogen (secondary N) is 4. The molecule has 4 aliphatic rings. The zero-order valence-corrected chi connectivity index (χ0v) is 27.4. The van der Waals surface area contributed by atoms with Crippen molar-refractivity contribution < 1.29 is 32.4 Å². The lowest BCUT2D eigenvalue weighted by molar-refractivity contribution is -0.142. The Morgan fingerprint density at radius 1 is 0.955 bits per heavy atom. The van der Waals surface area contributed by atoms with Crippen molar-refractivity contribution in [2.45, 2.75) is 115 Å². The predicted octanol–water partition coefficient (Wildman–Crippen LogP) is 1.03. The highest BCUT2D eigenvalue weighted by molar-refractivity contribution is 7.89. The van der Waals surface area contributed by atoms with Crippen molar-refractivity contribution in [1.29, 1.82) is 0 Å². The van der Waals surface area contributed by atoms with Crippen LogP contribution in [0.4, 0.5) is 4.79 Å². The Kier molecular flexibility index (Phi) is 10.6. The topological polar surface area (TPSA) is 174 Å². The van der Waals surface area contributed by atoms with Gasteiger partial charge in [0.15, 0.2) is 0 Å². The Morgan fingerprint density at radius 3 is 2.20 bits per heavy atom. The fraction of sp³-hybridized carbons (Fsp3) is 0.833. The highest BCUT2D eigenvalue weighted by Gasteiger charge is 2.44. The molecule has 1 heterocycles. The summed E-state index contributed by atoms with van der Waals surface area (Å²) in [5.74, 6) is -2.23. The van der Waals surface area contributed by atoms with E-state index < -0.39 is 69.1 Å². The highest BCUT2D eigenvalue weighted by Crippen LogP contribution is 2.33. The summed E-state index contributed by atoms with van der Waals surface area (Å²) < 4.78 is 28.0. The van der Waals surface area contributed by atoms with Gasteiger partial charge in [-0.1, -0.05) is 40.0 Å². The number of ketones is 1. The molecule has 0 aromatic carbocycles. The molecule has 2 atom stereocenters. The van der Waals surface area contributed by atoms with Crippen molar-refractivity contribution in [2.24, 2.45) is 11.3 Å². The van der Waals surface area contributed by atoms with E-state index in [-0.39, 0.29) is 11.8 Å². The standard InChI is InChI=1S/C30H50N6O7S/c1-29(2,3)24(27(40)36-16-8-9-22(36)25(38)31-17-23(37)26(39)32-21-12-13-21)33-28(41)34-30(14-6-5-7-15-30)19-44(42,43)35(4)18-20-10-11-20/h20-22,24H,5-19H2,1-4H3,(H,31,38)(H,32,39)(H2,33,34,41)/t22-,24+/m0/s1. The highest BCUT2D eigenvalue weighted by atomic mass is 32.2. The van der Waals surface area contributed by atoms with E-state index in [9.17, 15) is 32.4 Å². The molecule has 5 amide bonds. The van der Waals surface area contributed by atoms with Crippen molar-refractivity contribution in [3.63, 3.8) is 0 Å². The molecule has 3 aliphatic carbocycles. The Hall–Kier alpha value is -2.74. The molecule has 14 heteroatoms. The van der Waals surface area contributed by atoms with Gasteiger partial charge in [0.2, 0.25) is 27.6 Å². The largest absolute Gasteiger partial charge is 0.347 e. The van der Waals surface area contributed by atoms with Crippen LogP contribution in [0.15, 0.2) is 0 Å². The Labute approximate surface area is 261 Å². The van der Waals surface area contributed by atoms with Gasteiger partial charge in [-0.05, 0) is 62.7 Å². The summed E-state index contributed by atoms with van der Waals surface area (Å²) >= 11 is 0. The van der Waals surface area contributed by atoms with Crippen molar-refractivity contribution in [1.82, 2.24) is 30.5 Å². The van der Waals surface area contributed by atoms with E-state index in [2.05, 4.69) is 21.3 Å². The van der Waals surface area contributed by atoms with E-state index in [1.807, 2.05) is 20.8 Å². The van der Waals surface area contributed by atoms with Crippen LogP contribution in [0.25, 0.3) is 0 Å². The molecule has 248 valence electrons. The van der Waals surface area contributed by atoms with Crippen LogP contribution in [0.5, 0.6) is 0 Å². The maximum absolute atomic E-state index is 13.9. The molecule has 13 nitrogen and oxygen atoms in total. The number of likely N-dealkylation sites (tertiary alicyclic amines) is 1. The first-order chi connectivity index (χ1) is 20.6. The van der Waals surface area contributed by atoms with Crippen LogP contribution in [0.1, 0.15) is 91.4 Å². The smallest absolute Gasteiger partial charge is 0.315 e. The van der Waals surface area contributed by atoms with Gasteiger partial charge in [0.05, 0.1) is 17.8 Å². The molecule has 0 unspecified atom stereocenters. The first kappa shape index (κ1) is 34.1. The molecule has 0 aromatic heterocycles. The summed E-state index contributed by atoms with van der Waals surface area (Å²) in [4.78, 5) is 66.0. The minimum Gasteiger partial charge on any atom is -0.347 e. The third-order valence-electron chi connectivity index (χ3n) is 9.15. The summed E-state index contributed by atoms with van der Waals surface area (Å²) in [5, 5.41) is 10.9. The summed E-state index contributed by atoms with van der Waals surface area (Å²) in [6.07, 6.45) is 8.28. The average Bonchev–Trinajstić information content (AvgIpc) is 3.88. The average molecular weight is 639 g/mol. The molecule has 1 aliphatic heterocycles. The predicted molar refractivity (Wildman–Crippen MR) is 164 cm³/mol. The third-order valence-corrected chi connectivity index (χ3v) is 11.2. The van der Waals surface area contributed by atoms with Gasteiger partial charge in [0.1, 0.15) is 12.1 Å². The molecule has 4 fully saturated rings. The minimum absolute atomic E-state index is 0.0233. The third kappa shape index (κ3) is 9.15. The number of carbonyl (C=O) groups excluding carboxylic acids is 5. The maximum Gasteiger partial charge on any atom is 0.315 e. The van der Waals surface area contributed by atoms with Crippen LogP contribution in [-0.2, 0) is 29.2 Å². The van der Waals surface area contributed by atoms with Gasteiger partial charge in [0, 0.05) is 26.2 Å². The zero-order chi connectivity index (χ0) is 32.3. The van der Waals surface area contributed by atoms with Crippen LogP contribution in [0.2, 0.25) is 0 Å². The second-order valence-electron chi connectivity index (χ2n) is 14.3. The van der Waals surface area contributed by atoms with E-state index in [0.717, 1.165) is 44.9 Å². The van der Waals surface area contributed by atoms with Gasteiger partial charge in [-0.3, -0.25) is 19.2 Å². The van der Waals surface area contributed by atoms with Crippen LogP contribution >= 0.6 is 0 Å². The number of amides is 5. The number of nitrogens with zero attached hydrogens (tertiary/aromatic N) is 2. The number of sulfonamides is 1. The summed E-state index contributed by atoms with van der Waals surface area (Å²) in [6.45, 7) is 5.76. The minimum atomic E-state index is -3.62. The lowest BCUT2D eigenvalue weighted by Gasteiger charge is -2.40. The first-order valence-corrected chi connectivity index (χ1v) is 17.7. The number of urea groups is 1. The number of rotatable bonds is 13. The molecule has 44 heavy (non-hydrogen) atoms. The monoisotopic (exact) mass is 638 g/mol. The van der Waals surface area contributed by atoms with Crippen LogP contribution < -0.4 is 21.3 Å². The van der Waals surface area contributed by atoms with E-state index in [1.54, 1.807) is 7.05 Å². The Balaban J connectivity index is 1.40. The van der Waals surface area contributed by atoms with E-state index in [0.29, 0.717) is 44.7 Å². The fourth-order valence-corrected chi connectivity index (χ4v) is 7.87. The van der Waals surface area contributed by atoms with Gasteiger partial charge < -0.3 is 26.2 Å². The zero-order valence-electron chi connectivity index (χ0n) is 26.6. The number of carbonyl (C=O) groups is 5. The second kappa shape index (κ2) is 13.7. The molecule has 0 radical (unpaired) electrons. The van der Waals surface area contributed by atoms with Crippen molar-refractivity contribution in [3.05, 3.63) is 0 Å². The van der Waals surface area contributed by atoms with Gasteiger partial charge in [-0.25, -0.2) is 17.5 Å². The van der Waals surface area contributed by atoms with Gasteiger partial charge in [-0.2, -0.15) is 0 Å². The van der Waals surface area contributed by atoms with Crippen LogP contribution in [-0.4, -0.2) is 103 Å². The molecule has 1 saturated heterocycles. The molecule has 0 spiro atoms. The Morgan fingerprint density at radius 2 is 1.61 bits per heavy atom. The number of hydrogen-bond acceptors (Lipinski definition) is 7. The summed E-state index contributed by atoms with van der Waals surface area (Å²) in [5.41, 5.74) is -1.68. The quantitative estimate of drug-likeness (QED) is 0.218. The number of hydrogen-bond donors (Lipinski definition) is 4. The molecular formula is C30H50N6O7S. The SMILES string of the molecule is CN(CC1CC1)S(=O)(=O)CC1(NC(=O)N[C@H](C(=O)N2CCC[C@H]2C(=O)NCC(=O)C(=O)NC2CC2)C(C)(C)C)CCCCC1. The van der Waals surface area contributed by atoms with E-state index in [1.165, 1.54) is 9.21 Å². The Bertz CT molecular complexity index is 1220. The second-order valence-corrected chi connectivity index (χ2v) is 16.4. The molecule has 0 bridgehead atoms. The lowest BCUT2D eigenvalue weighted by atomic mass is 9.83. The maximum atomic E-state index is 13.9. The summed E-state index contributed by atoms with van der Waals surface area (Å²) in [6, 6.07) is -2.44. The fourth-order valence-electron chi connectivity index (χ4n) is 6.16. The van der Waals surface area contributed by atoms with Crippen molar-refractivity contribution >= 4 is 39.6 Å². The molecular weight excluding hydrogens is 588 g/mol. The van der Waals surface area contributed by atoms with Gasteiger partial charge in [0.25, 0.3) is 5.91 Å². The molecule has 4 N–H and O–H groups in total. The normalized spacial score (nSPS) is 22.7. The van der Waals surface area contributed by atoms with Crippen LogP contribution in [0.3, 0.4) is 0 Å².